The molecule has 0 aromatic carbocycles. The highest BCUT2D eigenvalue weighted by atomic mass is 35.5. The maximum absolute atomic E-state index is 15.2. The van der Waals surface area contributed by atoms with Gasteiger partial charge in [0.05, 0.1) is 23.5 Å². The zero-order valence-electron chi connectivity index (χ0n) is 21.9. The molecule has 1 amide bonds. The quantitative estimate of drug-likeness (QED) is 0.508. The van der Waals surface area contributed by atoms with Crippen LogP contribution in [0.3, 0.4) is 0 Å². The third-order valence-corrected chi connectivity index (χ3v) is 7.80. The van der Waals surface area contributed by atoms with Crippen molar-refractivity contribution >= 4 is 34.4 Å². The number of pyridine rings is 1. The molecule has 38 heavy (non-hydrogen) atoms. The zero-order valence-corrected chi connectivity index (χ0v) is 22.6. The van der Waals surface area contributed by atoms with Crippen LogP contribution in [0.4, 0.5) is 23.8 Å². The predicted octanol–water partition coefficient (Wildman–Crippen LogP) is 4.17. The smallest absolute Gasteiger partial charge is 0.410 e. The Labute approximate surface area is 224 Å². The summed E-state index contributed by atoms with van der Waals surface area (Å²) in [5.41, 5.74) is -1.30. The second kappa shape index (κ2) is 9.86. The highest BCUT2D eigenvalue weighted by Gasteiger charge is 2.49. The van der Waals surface area contributed by atoms with Crippen molar-refractivity contribution in [1.29, 1.82) is 0 Å². The van der Waals surface area contributed by atoms with Crippen molar-refractivity contribution < 1.29 is 27.4 Å². The predicted molar refractivity (Wildman–Crippen MR) is 136 cm³/mol. The molecule has 5 heterocycles. The summed E-state index contributed by atoms with van der Waals surface area (Å²) in [4.78, 5) is 30.1. The molecule has 208 valence electrons. The van der Waals surface area contributed by atoms with Crippen molar-refractivity contribution in [2.45, 2.75) is 69.6 Å². The van der Waals surface area contributed by atoms with Gasteiger partial charge in [-0.25, -0.2) is 22.9 Å². The summed E-state index contributed by atoms with van der Waals surface area (Å²) in [5.74, 6) is -0.669. The number of amides is 1. The van der Waals surface area contributed by atoms with Gasteiger partial charge in [-0.1, -0.05) is 11.6 Å². The van der Waals surface area contributed by atoms with Gasteiger partial charge in [0, 0.05) is 32.8 Å². The number of likely N-dealkylation sites (tertiary alicyclic amines) is 1. The fourth-order valence-corrected chi connectivity index (χ4v) is 5.86. The van der Waals surface area contributed by atoms with E-state index >= 15 is 8.78 Å². The van der Waals surface area contributed by atoms with Crippen LogP contribution in [-0.2, 0) is 4.74 Å². The Balaban J connectivity index is 1.44. The Bertz CT molecular complexity index is 1230. The van der Waals surface area contributed by atoms with E-state index in [4.69, 9.17) is 21.1 Å². The fraction of sp³-hybridized carbons (Fsp3) is 0.680. The van der Waals surface area contributed by atoms with Crippen molar-refractivity contribution in [2.24, 2.45) is 0 Å². The molecular weight excluding hydrogens is 525 g/mol. The van der Waals surface area contributed by atoms with E-state index in [2.05, 4.69) is 19.9 Å². The summed E-state index contributed by atoms with van der Waals surface area (Å²) in [6, 6.07) is -0.917. The van der Waals surface area contributed by atoms with Gasteiger partial charge in [-0.15, -0.1) is 0 Å². The Morgan fingerprint density at radius 1 is 1.26 bits per heavy atom. The second-order valence-corrected chi connectivity index (χ2v) is 11.8. The lowest BCUT2D eigenvalue weighted by molar-refractivity contribution is 0.0283. The molecule has 3 fully saturated rings. The van der Waals surface area contributed by atoms with Crippen molar-refractivity contribution in [3.8, 4) is 6.01 Å². The Kier molecular flexibility index (Phi) is 7.00. The van der Waals surface area contributed by atoms with Crippen LogP contribution in [0.1, 0.15) is 40.0 Å². The molecule has 3 aliphatic rings. The number of carbonyl (C=O) groups is 1. The SMILES string of the molecule is CN(c1nc(OC[C@@]23CCCN2C[C@H](F)C3)nc2c(F)c(Cl)ncc12)C1CN(C(=O)OC(C)(C)C)C[C@H]1F. The number of hydrogen-bond donors (Lipinski definition) is 0. The maximum atomic E-state index is 15.2. The molecule has 4 atom stereocenters. The van der Waals surface area contributed by atoms with Crippen LogP contribution in [0.5, 0.6) is 6.01 Å². The number of halogens is 4. The molecule has 5 rings (SSSR count). The summed E-state index contributed by atoms with van der Waals surface area (Å²) in [7, 11) is 1.61. The minimum Gasteiger partial charge on any atom is -0.461 e. The normalized spacial score (nSPS) is 27.7. The second-order valence-electron chi connectivity index (χ2n) is 11.4. The third kappa shape index (κ3) is 5.04. The lowest BCUT2D eigenvalue weighted by Gasteiger charge is -2.31. The summed E-state index contributed by atoms with van der Waals surface area (Å²) in [6.45, 7) is 6.39. The number of nitrogens with zero attached hydrogens (tertiary/aromatic N) is 6. The van der Waals surface area contributed by atoms with Crippen LogP contribution in [-0.4, -0.2) is 100 Å². The fourth-order valence-electron chi connectivity index (χ4n) is 5.73. The molecule has 13 heteroatoms. The van der Waals surface area contributed by atoms with Gasteiger partial charge in [-0.3, -0.25) is 4.90 Å². The van der Waals surface area contributed by atoms with E-state index in [9.17, 15) is 9.18 Å². The molecule has 0 N–H and O–H groups in total. The molecule has 2 aromatic heterocycles. The summed E-state index contributed by atoms with van der Waals surface area (Å²) in [6.07, 6.45) is 0.428. The van der Waals surface area contributed by atoms with Gasteiger partial charge in [-0.05, 0) is 40.2 Å². The van der Waals surface area contributed by atoms with E-state index in [1.807, 2.05) is 0 Å². The van der Waals surface area contributed by atoms with Gasteiger partial charge in [0.15, 0.2) is 11.0 Å². The first-order valence-corrected chi connectivity index (χ1v) is 13.1. The van der Waals surface area contributed by atoms with Crippen molar-refractivity contribution in [2.75, 3.05) is 44.7 Å². The molecular formula is C25H32ClF3N6O3. The molecule has 0 radical (unpaired) electrons. The molecule has 3 saturated heterocycles. The van der Waals surface area contributed by atoms with Crippen LogP contribution in [0, 0.1) is 5.82 Å². The average molecular weight is 557 g/mol. The minimum absolute atomic E-state index is 0.0354. The lowest BCUT2D eigenvalue weighted by atomic mass is 9.95. The number of ether oxygens (including phenoxy) is 2. The average Bonchev–Trinajstić information content (AvgIpc) is 3.50. The molecule has 1 unspecified atom stereocenters. The lowest BCUT2D eigenvalue weighted by Crippen LogP contribution is -2.43. The number of hydrogen-bond acceptors (Lipinski definition) is 8. The molecule has 0 spiro atoms. The van der Waals surface area contributed by atoms with Gasteiger partial charge in [0.25, 0.3) is 0 Å². The first kappa shape index (κ1) is 27.0. The summed E-state index contributed by atoms with van der Waals surface area (Å²) >= 11 is 5.93. The number of aromatic nitrogens is 3. The molecule has 9 nitrogen and oxygen atoms in total. The van der Waals surface area contributed by atoms with Crippen LogP contribution in [0.2, 0.25) is 5.15 Å². The van der Waals surface area contributed by atoms with Crippen LogP contribution >= 0.6 is 11.6 Å². The van der Waals surface area contributed by atoms with Gasteiger partial charge in [0.2, 0.25) is 0 Å². The van der Waals surface area contributed by atoms with E-state index < -0.39 is 41.4 Å². The standard InChI is InChI=1S/C25H32ClF3N6O3/c1-24(2,3)38-23(36)34-11-16(28)17(12-34)33(4)21-15-9-30-20(26)18(29)19(15)31-22(32-21)37-13-25-6-5-7-35(25)10-14(27)8-25/h9,14,16-17H,5-8,10-13H2,1-4H3/t14-,16-,17?,25+/m1/s1. The Morgan fingerprint density at radius 2 is 2.03 bits per heavy atom. The van der Waals surface area contributed by atoms with Gasteiger partial charge in [-0.2, -0.15) is 9.97 Å². The van der Waals surface area contributed by atoms with E-state index in [-0.39, 0.29) is 47.6 Å². The van der Waals surface area contributed by atoms with Crippen molar-refractivity contribution in [3.05, 3.63) is 17.2 Å². The monoisotopic (exact) mass is 556 g/mol. The highest BCUT2D eigenvalue weighted by Crippen LogP contribution is 2.40. The van der Waals surface area contributed by atoms with Crippen LogP contribution in [0.25, 0.3) is 10.9 Å². The van der Waals surface area contributed by atoms with E-state index in [1.165, 1.54) is 16.0 Å². The molecule has 0 bridgehead atoms. The summed E-state index contributed by atoms with van der Waals surface area (Å²) < 4.78 is 55.8. The highest BCUT2D eigenvalue weighted by molar-refractivity contribution is 6.30. The zero-order chi connectivity index (χ0) is 27.4. The van der Waals surface area contributed by atoms with Crippen molar-refractivity contribution in [1.82, 2.24) is 24.8 Å². The van der Waals surface area contributed by atoms with Crippen LogP contribution < -0.4 is 9.64 Å². The molecule has 2 aromatic rings. The number of alkyl halides is 2. The number of anilines is 1. The van der Waals surface area contributed by atoms with E-state index in [0.717, 1.165) is 19.4 Å². The van der Waals surface area contributed by atoms with E-state index in [1.54, 1.807) is 27.8 Å². The largest absolute Gasteiger partial charge is 0.461 e. The number of rotatable bonds is 5. The van der Waals surface area contributed by atoms with Crippen molar-refractivity contribution in [3.63, 3.8) is 0 Å². The van der Waals surface area contributed by atoms with Gasteiger partial charge in [0.1, 0.15) is 35.9 Å². The van der Waals surface area contributed by atoms with Gasteiger partial charge < -0.3 is 19.3 Å². The van der Waals surface area contributed by atoms with Gasteiger partial charge >= 0.3 is 12.1 Å². The third-order valence-electron chi connectivity index (χ3n) is 7.53. The maximum Gasteiger partial charge on any atom is 0.410 e. The molecule has 0 saturated carbocycles. The molecule has 0 aliphatic carbocycles. The summed E-state index contributed by atoms with van der Waals surface area (Å²) in [5, 5.41) is -0.150. The number of carbonyl (C=O) groups excluding carboxylic acids is 1. The number of fused-ring (bicyclic) bond motifs is 2. The first-order valence-electron chi connectivity index (χ1n) is 12.8. The number of likely N-dealkylation sites (N-methyl/N-ethyl adjacent to an activating group) is 1. The Hall–Kier alpha value is -2.60. The molecule has 3 aliphatic heterocycles. The van der Waals surface area contributed by atoms with Crippen LogP contribution in [0.15, 0.2) is 6.20 Å². The first-order chi connectivity index (χ1) is 17.9. The topological polar surface area (TPSA) is 83.9 Å². The minimum atomic E-state index is -1.42. The van der Waals surface area contributed by atoms with E-state index in [0.29, 0.717) is 13.0 Å². The Morgan fingerprint density at radius 3 is 2.76 bits per heavy atom.